The average molecular weight is 233 g/mol. The van der Waals surface area contributed by atoms with Crippen molar-refractivity contribution >= 4 is 17.7 Å². The minimum atomic E-state index is -0.0742. The summed E-state index contributed by atoms with van der Waals surface area (Å²) in [6.07, 6.45) is 4.60. The van der Waals surface area contributed by atoms with E-state index in [9.17, 15) is 4.79 Å². The van der Waals surface area contributed by atoms with Gasteiger partial charge < -0.3 is 4.90 Å². The molecule has 0 rings (SSSR count). The van der Waals surface area contributed by atoms with E-state index in [1.165, 1.54) is 0 Å². The van der Waals surface area contributed by atoms with E-state index in [-0.39, 0.29) is 5.91 Å². The average Bonchev–Trinajstić information content (AvgIpc) is 2.23. The van der Waals surface area contributed by atoms with Crippen LogP contribution in [0.2, 0.25) is 0 Å². The molecular weight excluding hydrogens is 210 g/mol. The number of amides is 1. The Hall–Kier alpha value is -0.260. The van der Waals surface area contributed by atoms with Crippen molar-refractivity contribution in [1.82, 2.24) is 10.3 Å². The number of unbranched alkanes of at least 4 members (excludes halogenated alkanes) is 1. The van der Waals surface area contributed by atoms with E-state index in [2.05, 4.69) is 30.6 Å². The van der Waals surface area contributed by atoms with Gasteiger partial charge in [0.25, 0.3) is 0 Å². The fourth-order valence-corrected chi connectivity index (χ4v) is 2.04. The summed E-state index contributed by atoms with van der Waals surface area (Å²) in [4.78, 5) is 13.2. The Labute approximate surface area is 96.9 Å². The lowest BCUT2D eigenvalue weighted by molar-refractivity contribution is -0.121. The molecule has 0 aliphatic heterocycles. The van der Waals surface area contributed by atoms with Gasteiger partial charge in [0.15, 0.2) is 0 Å². The largest absolute Gasteiger partial charge is 0.303 e. The lowest BCUT2D eigenvalue weighted by Gasteiger charge is -2.23. The minimum absolute atomic E-state index is 0.0742. The zero-order valence-electron chi connectivity index (χ0n) is 9.95. The molecule has 1 unspecified atom stereocenters. The van der Waals surface area contributed by atoms with Gasteiger partial charge in [-0.05, 0) is 39.6 Å². The monoisotopic (exact) mass is 233 g/mol. The van der Waals surface area contributed by atoms with Gasteiger partial charge in [-0.2, -0.15) is 11.8 Å². The first-order valence-corrected chi connectivity index (χ1v) is 6.69. The fourth-order valence-electron chi connectivity index (χ4n) is 1.31. The van der Waals surface area contributed by atoms with Crippen LogP contribution in [0.25, 0.3) is 0 Å². The zero-order chi connectivity index (χ0) is 11.7. The summed E-state index contributed by atoms with van der Waals surface area (Å²) >= 11 is 1.86. The Bertz CT molecular complexity index is 178. The lowest BCUT2D eigenvalue weighted by Crippen LogP contribution is -2.32. The maximum atomic E-state index is 10.8. The fraction of sp³-hybridized carbons (Fsp3) is 0.900. The molecule has 0 fully saturated rings. The summed E-state index contributed by atoms with van der Waals surface area (Å²) in [6, 6.07) is 0.600. The molecule has 0 saturated carbocycles. The lowest BCUT2D eigenvalue weighted by atomic mass is 10.2. The molecule has 0 heterocycles. The first-order valence-electron chi connectivity index (χ1n) is 5.30. The van der Waals surface area contributed by atoms with Crippen molar-refractivity contribution in [2.45, 2.75) is 32.2 Å². The predicted molar refractivity (Wildman–Crippen MR) is 66.7 cm³/mol. The molecule has 0 spiro atoms. The Balaban J connectivity index is 3.45. The highest BCUT2D eigenvalue weighted by atomic mass is 32.2. The van der Waals surface area contributed by atoms with Crippen molar-refractivity contribution in [1.29, 1.82) is 0 Å². The summed E-state index contributed by atoms with van der Waals surface area (Å²) in [5, 5.41) is 0. The van der Waals surface area contributed by atoms with Gasteiger partial charge in [-0.25, -0.2) is 5.84 Å². The van der Waals surface area contributed by atoms with Crippen molar-refractivity contribution in [3.8, 4) is 0 Å². The molecule has 0 radical (unpaired) electrons. The molecule has 3 N–H and O–H groups in total. The summed E-state index contributed by atoms with van der Waals surface area (Å²) in [7, 11) is 2.13. The second-order valence-electron chi connectivity index (χ2n) is 3.81. The van der Waals surface area contributed by atoms with Crippen LogP contribution >= 0.6 is 11.8 Å². The molecule has 4 nitrogen and oxygen atoms in total. The first kappa shape index (κ1) is 14.7. The Morgan fingerprint density at radius 3 is 2.73 bits per heavy atom. The van der Waals surface area contributed by atoms with Gasteiger partial charge in [-0.3, -0.25) is 10.2 Å². The van der Waals surface area contributed by atoms with E-state index in [1.54, 1.807) is 0 Å². The topological polar surface area (TPSA) is 58.4 Å². The summed E-state index contributed by atoms with van der Waals surface area (Å²) < 4.78 is 0. The van der Waals surface area contributed by atoms with Crippen LogP contribution in [-0.2, 0) is 4.79 Å². The first-order chi connectivity index (χ1) is 7.11. The van der Waals surface area contributed by atoms with Crippen LogP contribution in [-0.4, -0.2) is 42.4 Å². The normalized spacial score (nSPS) is 12.9. The number of thioether (sulfide) groups is 1. The van der Waals surface area contributed by atoms with Gasteiger partial charge in [-0.1, -0.05) is 0 Å². The quantitative estimate of drug-likeness (QED) is 0.282. The third kappa shape index (κ3) is 7.64. The number of carbonyl (C=O) groups is 1. The zero-order valence-corrected chi connectivity index (χ0v) is 10.8. The van der Waals surface area contributed by atoms with E-state index in [1.807, 2.05) is 11.8 Å². The standard InChI is InChI=1S/C10H23N3OS/c1-9(8-15-3)13(2)7-5-4-6-10(14)12-11/h9H,4-8,11H2,1-3H3,(H,12,14). The highest BCUT2D eigenvalue weighted by Gasteiger charge is 2.07. The SMILES string of the molecule is CSCC(C)N(C)CCCCC(=O)NN. The van der Waals surface area contributed by atoms with Crippen LogP contribution in [0.5, 0.6) is 0 Å². The number of nitrogens with two attached hydrogens (primary N) is 1. The van der Waals surface area contributed by atoms with E-state index in [0.717, 1.165) is 25.1 Å². The maximum absolute atomic E-state index is 10.8. The second kappa shape index (κ2) is 9.00. The van der Waals surface area contributed by atoms with E-state index >= 15 is 0 Å². The van der Waals surface area contributed by atoms with E-state index < -0.39 is 0 Å². The molecule has 90 valence electrons. The molecule has 1 atom stereocenters. The number of rotatable bonds is 8. The highest BCUT2D eigenvalue weighted by Crippen LogP contribution is 2.05. The van der Waals surface area contributed by atoms with Crippen LogP contribution in [0.1, 0.15) is 26.2 Å². The summed E-state index contributed by atoms with van der Waals surface area (Å²) in [6.45, 7) is 3.27. The molecular formula is C10H23N3OS. The molecule has 0 aromatic carbocycles. The van der Waals surface area contributed by atoms with Gasteiger partial charge in [0, 0.05) is 18.2 Å². The number of hydrazine groups is 1. The summed E-state index contributed by atoms with van der Waals surface area (Å²) in [5.74, 6) is 6.07. The van der Waals surface area contributed by atoms with E-state index in [0.29, 0.717) is 12.5 Å². The van der Waals surface area contributed by atoms with E-state index in [4.69, 9.17) is 5.84 Å². The third-order valence-corrected chi connectivity index (χ3v) is 3.30. The summed E-state index contributed by atoms with van der Waals surface area (Å²) in [5.41, 5.74) is 2.14. The number of nitrogens with zero attached hydrogens (tertiary/aromatic N) is 1. The van der Waals surface area contributed by atoms with Gasteiger partial charge in [-0.15, -0.1) is 0 Å². The van der Waals surface area contributed by atoms with Crippen molar-refractivity contribution in [3.05, 3.63) is 0 Å². The van der Waals surface area contributed by atoms with Crippen molar-refractivity contribution < 1.29 is 4.79 Å². The van der Waals surface area contributed by atoms with Crippen LogP contribution in [0.3, 0.4) is 0 Å². The van der Waals surface area contributed by atoms with Crippen molar-refractivity contribution in [2.75, 3.05) is 25.6 Å². The van der Waals surface area contributed by atoms with Crippen LogP contribution in [0.15, 0.2) is 0 Å². The van der Waals surface area contributed by atoms with Crippen LogP contribution < -0.4 is 11.3 Å². The Morgan fingerprint density at radius 2 is 2.20 bits per heavy atom. The molecule has 0 aromatic rings. The molecule has 0 aliphatic carbocycles. The molecule has 0 aliphatic rings. The number of hydrogen-bond acceptors (Lipinski definition) is 4. The molecule has 1 amide bonds. The van der Waals surface area contributed by atoms with Crippen LogP contribution in [0.4, 0.5) is 0 Å². The van der Waals surface area contributed by atoms with Gasteiger partial charge in [0.1, 0.15) is 0 Å². The predicted octanol–water partition coefficient (Wildman–Crippen LogP) is 0.830. The van der Waals surface area contributed by atoms with Crippen molar-refractivity contribution in [3.63, 3.8) is 0 Å². The molecule has 0 saturated heterocycles. The second-order valence-corrected chi connectivity index (χ2v) is 4.72. The van der Waals surface area contributed by atoms with Gasteiger partial charge in [0.2, 0.25) is 5.91 Å². The van der Waals surface area contributed by atoms with Crippen molar-refractivity contribution in [2.24, 2.45) is 5.84 Å². The smallest absolute Gasteiger partial charge is 0.233 e. The van der Waals surface area contributed by atoms with Gasteiger partial charge in [0.05, 0.1) is 0 Å². The number of nitrogens with one attached hydrogen (secondary N) is 1. The minimum Gasteiger partial charge on any atom is -0.303 e. The third-order valence-electron chi connectivity index (χ3n) is 2.49. The molecule has 0 aromatic heterocycles. The molecule has 0 bridgehead atoms. The molecule has 5 heteroatoms. The van der Waals surface area contributed by atoms with Crippen LogP contribution in [0, 0.1) is 0 Å². The molecule has 15 heavy (non-hydrogen) atoms. The van der Waals surface area contributed by atoms with Gasteiger partial charge >= 0.3 is 0 Å². The number of carbonyl (C=O) groups excluding carboxylic acids is 1. The Morgan fingerprint density at radius 1 is 1.53 bits per heavy atom. The maximum Gasteiger partial charge on any atom is 0.233 e. The number of hydrogen-bond donors (Lipinski definition) is 2. The highest BCUT2D eigenvalue weighted by molar-refractivity contribution is 7.98. The Kier molecular flexibility index (Phi) is 8.85.